The summed E-state index contributed by atoms with van der Waals surface area (Å²) < 4.78 is 5.37. The summed E-state index contributed by atoms with van der Waals surface area (Å²) >= 11 is 0. The van der Waals surface area contributed by atoms with Crippen LogP contribution in [0.2, 0.25) is 0 Å². The molecule has 1 N–H and O–H groups in total. The molecule has 0 aliphatic heterocycles. The number of hydrogen-bond donors (Lipinski definition) is 1. The molecule has 0 aliphatic rings. The van der Waals surface area contributed by atoms with Crippen LogP contribution in [0.25, 0.3) is 0 Å². The van der Waals surface area contributed by atoms with Crippen molar-refractivity contribution < 1.29 is 4.74 Å². The largest absolute Gasteiger partial charge is 0.490 e. The van der Waals surface area contributed by atoms with E-state index in [0.29, 0.717) is 13.2 Å². The van der Waals surface area contributed by atoms with Gasteiger partial charge >= 0.3 is 0 Å². The zero-order chi connectivity index (χ0) is 9.52. The molecule has 0 unspecified atom stereocenters. The van der Waals surface area contributed by atoms with Crippen LogP contribution in [0.5, 0.6) is 5.75 Å². The first-order valence-electron chi connectivity index (χ1n) is 4.31. The maximum atomic E-state index is 5.37. The second-order valence-electron chi connectivity index (χ2n) is 2.45. The third-order valence-corrected chi connectivity index (χ3v) is 1.48. The van der Waals surface area contributed by atoms with E-state index >= 15 is 0 Å². The van der Waals surface area contributed by atoms with Crippen LogP contribution < -0.4 is 10.1 Å². The predicted molar refractivity (Wildman–Crippen MR) is 54.1 cm³/mol. The summed E-state index contributed by atoms with van der Waals surface area (Å²) in [6.07, 6.45) is 3.51. The van der Waals surface area contributed by atoms with Crippen molar-refractivity contribution in [2.45, 2.75) is 6.92 Å². The van der Waals surface area contributed by atoms with Gasteiger partial charge in [-0.15, -0.1) is 6.58 Å². The van der Waals surface area contributed by atoms with E-state index in [-0.39, 0.29) is 0 Å². The van der Waals surface area contributed by atoms with Gasteiger partial charge in [0.05, 0.1) is 6.61 Å². The van der Waals surface area contributed by atoms with Crippen molar-refractivity contribution >= 4 is 5.82 Å². The number of rotatable bonds is 5. The fraction of sp³-hybridized carbons (Fsp3) is 0.300. The average Bonchev–Trinajstić information content (AvgIpc) is 2.17. The second-order valence-corrected chi connectivity index (χ2v) is 2.45. The summed E-state index contributed by atoms with van der Waals surface area (Å²) in [7, 11) is 0. The molecule has 0 bridgehead atoms. The molecule has 0 atom stereocenters. The van der Waals surface area contributed by atoms with Gasteiger partial charge in [-0.1, -0.05) is 6.08 Å². The number of nitrogens with zero attached hydrogens (tertiary/aromatic N) is 1. The maximum absolute atomic E-state index is 5.37. The van der Waals surface area contributed by atoms with Crippen molar-refractivity contribution in [1.82, 2.24) is 4.98 Å². The van der Waals surface area contributed by atoms with Gasteiger partial charge in [0.1, 0.15) is 0 Å². The molecule has 0 saturated heterocycles. The molecule has 0 aliphatic carbocycles. The normalized spacial score (nSPS) is 9.31. The highest BCUT2D eigenvalue weighted by atomic mass is 16.5. The Morgan fingerprint density at radius 1 is 1.69 bits per heavy atom. The number of ether oxygens (including phenoxy) is 1. The van der Waals surface area contributed by atoms with E-state index < -0.39 is 0 Å². The van der Waals surface area contributed by atoms with Gasteiger partial charge in [-0.25, -0.2) is 4.98 Å². The number of aromatic nitrogens is 1. The highest BCUT2D eigenvalue weighted by Crippen LogP contribution is 2.19. The highest BCUT2D eigenvalue weighted by molar-refractivity contribution is 5.49. The van der Waals surface area contributed by atoms with Crippen molar-refractivity contribution in [3.8, 4) is 5.75 Å². The van der Waals surface area contributed by atoms with Crippen LogP contribution in [0.1, 0.15) is 6.92 Å². The molecular formula is C10H14N2O. The van der Waals surface area contributed by atoms with E-state index in [0.717, 1.165) is 11.6 Å². The van der Waals surface area contributed by atoms with E-state index in [1.54, 1.807) is 12.3 Å². The topological polar surface area (TPSA) is 34.2 Å². The first-order chi connectivity index (χ1) is 6.38. The molecule has 13 heavy (non-hydrogen) atoms. The zero-order valence-electron chi connectivity index (χ0n) is 7.79. The third kappa shape index (κ3) is 2.78. The quantitative estimate of drug-likeness (QED) is 0.701. The standard InChI is InChI=1S/C10H14N2O/c1-3-7-11-10-9(13-4-2)6-5-8-12-10/h3,5-6,8H,1,4,7H2,2H3,(H,11,12). The van der Waals surface area contributed by atoms with E-state index in [9.17, 15) is 0 Å². The van der Waals surface area contributed by atoms with E-state index in [4.69, 9.17) is 4.74 Å². The van der Waals surface area contributed by atoms with Crippen molar-refractivity contribution in [2.75, 3.05) is 18.5 Å². The Hall–Kier alpha value is -1.51. The fourth-order valence-electron chi connectivity index (χ4n) is 0.964. The number of anilines is 1. The van der Waals surface area contributed by atoms with Gasteiger partial charge in [0, 0.05) is 12.7 Å². The molecule has 70 valence electrons. The van der Waals surface area contributed by atoms with Gasteiger partial charge in [-0.3, -0.25) is 0 Å². The Bertz CT molecular complexity index is 273. The molecule has 3 heteroatoms. The summed E-state index contributed by atoms with van der Waals surface area (Å²) in [5.41, 5.74) is 0. The summed E-state index contributed by atoms with van der Waals surface area (Å²) in [5.74, 6) is 1.55. The van der Waals surface area contributed by atoms with Gasteiger partial charge in [0.15, 0.2) is 11.6 Å². The Balaban J connectivity index is 2.71. The van der Waals surface area contributed by atoms with Crippen LogP contribution in [0.4, 0.5) is 5.82 Å². The molecule has 3 nitrogen and oxygen atoms in total. The first kappa shape index (κ1) is 9.58. The summed E-state index contributed by atoms with van der Waals surface area (Å²) in [5, 5.41) is 3.09. The average molecular weight is 178 g/mol. The summed E-state index contributed by atoms with van der Waals surface area (Å²) in [6.45, 7) is 6.91. The molecule has 1 aromatic heterocycles. The minimum atomic E-state index is 0.647. The summed E-state index contributed by atoms with van der Waals surface area (Å²) in [4.78, 5) is 4.15. The molecule has 0 aromatic carbocycles. The van der Waals surface area contributed by atoms with Crippen molar-refractivity contribution in [2.24, 2.45) is 0 Å². The molecule has 1 rings (SSSR count). The Morgan fingerprint density at radius 2 is 2.54 bits per heavy atom. The molecule has 1 heterocycles. The number of pyridine rings is 1. The molecule has 1 aromatic rings. The Kier molecular flexibility index (Phi) is 3.82. The lowest BCUT2D eigenvalue weighted by molar-refractivity contribution is 0.340. The van der Waals surface area contributed by atoms with Gasteiger partial charge < -0.3 is 10.1 Å². The van der Waals surface area contributed by atoms with Crippen LogP contribution in [-0.2, 0) is 0 Å². The van der Waals surface area contributed by atoms with Crippen LogP contribution in [-0.4, -0.2) is 18.1 Å². The molecule has 0 radical (unpaired) electrons. The van der Waals surface area contributed by atoms with Crippen molar-refractivity contribution in [3.63, 3.8) is 0 Å². The Morgan fingerprint density at radius 3 is 3.23 bits per heavy atom. The minimum absolute atomic E-state index is 0.647. The van der Waals surface area contributed by atoms with Gasteiger partial charge in [0.25, 0.3) is 0 Å². The monoisotopic (exact) mass is 178 g/mol. The van der Waals surface area contributed by atoms with Crippen molar-refractivity contribution in [3.05, 3.63) is 31.0 Å². The first-order valence-corrected chi connectivity index (χ1v) is 4.31. The van der Waals surface area contributed by atoms with Crippen LogP contribution >= 0.6 is 0 Å². The number of nitrogens with one attached hydrogen (secondary N) is 1. The maximum Gasteiger partial charge on any atom is 0.168 e. The second kappa shape index (κ2) is 5.19. The van der Waals surface area contributed by atoms with Gasteiger partial charge in [0.2, 0.25) is 0 Å². The summed E-state index contributed by atoms with van der Waals surface area (Å²) in [6, 6.07) is 3.74. The van der Waals surface area contributed by atoms with Crippen LogP contribution in [0.3, 0.4) is 0 Å². The molecule has 0 amide bonds. The molecule has 0 spiro atoms. The van der Waals surface area contributed by atoms with E-state index in [1.165, 1.54) is 0 Å². The van der Waals surface area contributed by atoms with E-state index in [2.05, 4.69) is 16.9 Å². The highest BCUT2D eigenvalue weighted by Gasteiger charge is 2.00. The van der Waals surface area contributed by atoms with Crippen LogP contribution in [0, 0.1) is 0 Å². The van der Waals surface area contributed by atoms with Gasteiger partial charge in [-0.2, -0.15) is 0 Å². The third-order valence-electron chi connectivity index (χ3n) is 1.48. The Labute approximate surface area is 78.4 Å². The lowest BCUT2D eigenvalue weighted by atomic mass is 10.4. The molecular weight excluding hydrogens is 164 g/mol. The fourth-order valence-corrected chi connectivity index (χ4v) is 0.964. The van der Waals surface area contributed by atoms with E-state index in [1.807, 2.05) is 19.1 Å². The SMILES string of the molecule is C=CCNc1ncccc1OCC. The van der Waals surface area contributed by atoms with Gasteiger partial charge in [-0.05, 0) is 19.1 Å². The lowest BCUT2D eigenvalue weighted by Crippen LogP contribution is -2.03. The predicted octanol–water partition coefficient (Wildman–Crippen LogP) is 2.08. The molecule has 0 fully saturated rings. The zero-order valence-corrected chi connectivity index (χ0v) is 7.79. The minimum Gasteiger partial charge on any atom is -0.490 e. The number of hydrogen-bond acceptors (Lipinski definition) is 3. The molecule has 0 saturated carbocycles. The lowest BCUT2D eigenvalue weighted by Gasteiger charge is -2.08. The van der Waals surface area contributed by atoms with Crippen molar-refractivity contribution in [1.29, 1.82) is 0 Å². The smallest absolute Gasteiger partial charge is 0.168 e. The van der Waals surface area contributed by atoms with Crippen LogP contribution in [0.15, 0.2) is 31.0 Å².